The van der Waals surface area contributed by atoms with Crippen molar-refractivity contribution in [2.45, 2.75) is 32.0 Å². The lowest BCUT2D eigenvalue weighted by Gasteiger charge is -2.34. The van der Waals surface area contributed by atoms with Crippen molar-refractivity contribution in [3.05, 3.63) is 81.9 Å². The minimum absolute atomic E-state index is 0.0552. The molecule has 8 heteroatoms. The van der Waals surface area contributed by atoms with E-state index in [-0.39, 0.29) is 6.10 Å². The third-order valence-electron chi connectivity index (χ3n) is 6.24. The van der Waals surface area contributed by atoms with Gasteiger partial charge in [-0.15, -0.1) is 0 Å². The lowest BCUT2D eigenvalue weighted by molar-refractivity contribution is 0.117. The Hall–Kier alpha value is -2.80. The molecule has 0 unspecified atom stereocenters. The second kappa shape index (κ2) is 8.77. The van der Waals surface area contributed by atoms with Crippen molar-refractivity contribution in [2.75, 3.05) is 18.0 Å². The number of pyridine rings is 1. The van der Waals surface area contributed by atoms with Crippen molar-refractivity contribution in [1.82, 2.24) is 14.5 Å². The summed E-state index contributed by atoms with van der Waals surface area (Å²) < 4.78 is 7.93. The van der Waals surface area contributed by atoms with Crippen molar-refractivity contribution < 1.29 is 9.84 Å². The monoisotopic (exact) mass is 496 g/mol. The minimum atomic E-state index is -1.48. The number of hydrogen-bond donors (Lipinski definition) is 1. The number of ether oxygens (including phenoxy) is 1. The van der Waals surface area contributed by atoms with E-state index in [9.17, 15) is 5.11 Å². The highest BCUT2D eigenvalue weighted by molar-refractivity contribution is 6.37. The summed E-state index contributed by atoms with van der Waals surface area (Å²) in [6.07, 6.45) is 4.40. The first-order valence-corrected chi connectivity index (χ1v) is 12.0. The van der Waals surface area contributed by atoms with E-state index in [0.29, 0.717) is 38.0 Å². The molecule has 2 aromatic carbocycles. The molecule has 0 amide bonds. The lowest BCUT2D eigenvalue weighted by atomic mass is 9.83. The Balaban J connectivity index is 1.73. The van der Waals surface area contributed by atoms with Crippen LogP contribution in [0.4, 0.5) is 5.82 Å². The van der Waals surface area contributed by atoms with Gasteiger partial charge in [0.15, 0.2) is 17.2 Å². The summed E-state index contributed by atoms with van der Waals surface area (Å²) >= 11 is 13.1. The number of aliphatic hydroxyl groups is 1. The Bertz CT molecular complexity index is 1350. The number of aryl methyl sites for hydroxylation is 1. The van der Waals surface area contributed by atoms with Crippen molar-refractivity contribution in [2.24, 2.45) is 7.05 Å². The fourth-order valence-corrected chi connectivity index (χ4v) is 4.77. The van der Waals surface area contributed by atoms with Crippen molar-refractivity contribution in [3.8, 4) is 5.75 Å². The van der Waals surface area contributed by atoms with Crippen LogP contribution in [0.5, 0.6) is 5.75 Å². The fourth-order valence-electron chi connectivity index (χ4n) is 4.36. The van der Waals surface area contributed by atoms with Crippen LogP contribution in [0.2, 0.25) is 10.0 Å². The Morgan fingerprint density at radius 3 is 2.35 bits per heavy atom. The van der Waals surface area contributed by atoms with Crippen molar-refractivity contribution >= 4 is 39.9 Å². The highest BCUT2D eigenvalue weighted by atomic mass is 35.5. The van der Waals surface area contributed by atoms with Gasteiger partial charge in [0.2, 0.25) is 0 Å². The van der Waals surface area contributed by atoms with Gasteiger partial charge in [-0.05, 0) is 55.7 Å². The molecule has 6 nitrogen and oxygen atoms in total. The average molecular weight is 497 g/mol. The van der Waals surface area contributed by atoms with Crippen LogP contribution in [0, 0.1) is 0 Å². The molecule has 0 bridgehead atoms. The first-order valence-electron chi connectivity index (χ1n) is 11.3. The topological polar surface area (TPSA) is 63.4 Å². The molecule has 4 aromatic rings. The normalized spacial score (nSPS) is 15.4. The molecule has 1 aliphatic rings. The predicted octanol–water partition coefficient (Wildman–Crippen LogP) is 5.56. The molecular weight excluding hydrogens is 471 g/mol. The van der Waals surface area contributed by atoms with Crippen LogP contribution in [0.1, 0.15) is 37.1 Å². The summed E-state index contributed by atoms with van der Waals surface area (Å²) in [5.41, 5.74) is 1.19. The maximum absolute atomic E-state index is 12.2. The zero-order chi connectivity index (χ0) is 24.0. The molecule has 0 radical (unpaired) electrons. The SMILES string of the molecule is CC(C)Oc1c(N2CCC2)nc2ccc([C@](O)(c3ccc(Cl)cc3)c3cncn3C)cc2c1Cl. The van der Waals surface area contributed by atoms with Crippen molar-refractivity contribution in [3.63, 3.8) is 0 Å². The Morgan fingerprint density at radius 2 is 1.76 bits per heavy atom. The summed E-state index contributed by atoms with van der Waals surface area (Å²) in [6, 6.07) is 12.8. The molecule has 1 aliphatic heterocycles. The number of anilines is 1. The van der Waals surface area contributed by atoms with Gasteiger partial charge in [0.05, 0.1) is 34.9 Å². The number of nitrogens with zero attached hydrogens (tertiary/aromatic N) is 4. The van der Waals surface area contributed by atoms with Gasteiger partial charge in [0.1, 0.15) is 0 Å². The van der Waals surface area contributed by atoms with Gasteiger partial charge in [-0.1, -0.05) is 41.4 Å². The molecule has 0 spiro atoms. The van der Waals surface area contributed by atoms with Crippen LogP contribution in [0.3, 0.4) is 0 Å². The van der Waals surface area contributed by atoms with Gasteiger partial charge in [-0.2, -0.15) is 0 Å². The molecular formula is C26H26Cl2N4O2. The molecule has 1 fully saturated rings. The molecule has 5 rings (SSSR count). The molecule has 3 heterocycles. The first kappa shape index (κ1) is 23.0. The van der Waals surface area contributed by atoms with Crippen LogP contribution in [0.15, 0.2) is 55.0 Å². The van der Waals surface area contributed by atoms with Crippen LogP contribution in [-0.2, 0) is 12.6 Å². The number of halogens is 2. The third-order valence-corrected chi connectivity index (χ3v) is 6.87. The van der Waals surface area contributed by atoms with E-state index in [0.717, 1.165) is 30.8 Å². The van der Waals surface area contributed by atoms with E-state index in [1.807, 2.05) is 51.2 Å². The molecule has 0 saturated carbocycles. The Morgan fingerprint density at radius 1 is 1.06 bits per heavy atom. The zero-order valence-electron chi connectivity index (χ0n) is 19.3. The Labute approximate surface area is 208 Å². The van der Waals surface area contributed by atoms with Gasteiger partial charge in [0.25, 0.3) is 0 Å². The van der Waals surface area contributed by atoms with Gasteiger partial charge < -0.3 is 19.3 Å². The average Bonchev–Trinajstić information content (AvgIpc) is 3.21. The van der Waals surface area contributed by atoms with E-state index in [4.69, 9.17) is 32.9 Å². The van der Waals surface area contributed by atoms with Crippen LogP contribution in [-0.4, -0.2) is 38.8 Å². The molecule has 1 saturated heterocycles. The highest BCUT2D eigenvalue weighted by Gasteiger charge is 2.37. The molecule has 34 heavy (non-hydrogen) atoms. The van der Waals surface area contributed by atoms with E-state index in [2.05, 4.69) is 9.88 Å². The smallest absolute Gasteiger partial charge is 0.181 e. The number of imidazole rings is 1. The van der Waals surface area contributed by atoms with E-state index in [1.54, 1.807) is 29.2 Å². The molecule has 176 valence electrons. The van der Waals surface area contributed by atoms with Gasteiger partial charge in [-0.3, -0.25) is 0 Å². The standard InChI is InChI=1S/C26H26Cl2N4O2/c1-16(2)34-24-23(28)20-13-18(7-10-21(20)30-25(24)32-11-4-12-32)26(33,22-14-29-15-31(22)3)17-5-8-19(27)9-6-17/h5-10,13-16,33H,4,11-12H2,1-3H3/t26-/m1/s1. The number of aromatic nitrogens is 3. The maximum Gasteiger partial charge on any atom is 0.181 e. The van der Waals surface area contributed by atoms with E-state index in [1.165, 1.54) is 0 Å². The van der Waals surface area contributed by atoms with Crippen molar-refractivity contribution in [1.29, 1.82) is 0 Å². The Kier molecular flexibility index (Phi) is 5.92. The van der Waals surface area contributed by atoms with Crippen LogP contribution >= 0.6 is 23.2 Å². The quantitative estimate of drug-likeness (QED) is 0.378. The highest BCUT2D eigenvalue weighted by Crippen LogP contribution is 2.44. The minimum Gasteiger partial charge on any atom is -0.486 e. The molecule has 1 N–H and O–H groups in total. The lowest BCUT2D eigenvalue weighted by Crippen LogP contribution is -2.38. The summed E-state index contributed by atoms with van der Waals surface area (Å²) in [5, 5.41) is 14.0. The third kappa shape index (κ3) is 3.80. The number of benzene rings is 2. The van der Waals surface area contributed by atoms with Gasteiger partial charge in [0, 0.05) is 30.5 Å². The summed E-state index contributed by atoms with van der Waals surface area (Å²) in [6.45, 7) is 5.80. The number of fused-ring (bicyclic) bond motifs is 1. The summed E-state index contributed by atoms with van der Waals surface area (Å²) in [7, 11) is 1.85. The molecule has 1 atom stereocenters. The molecule has 2 aromatic heterocycles. The van der Waals surface area contributed by atoms with E-state index >= 15 is 0 Å². The fraction of sp³-hybridized carbons (Fsp3) is 0.308. The number of rotatable bonds is 6. The van der Waals surface area contributed by atoms with E-state index < -0.39 is 5.60 Å². The van der Waals surface area contributed by atoms with Crippen LogP contribution in [0.25, 0.3) is 10.9 Å². The maximum atomic E-state index is 12.2. The first-order chi connectivity index (χ1) is 16.3. The van der Waals surface area contributed by atoms with Crippen LogP contribution < -0.4 is 9.64 Å². The second-order valence-corrected chi connectivity index (χ2v) is 9.74. The second-order valence-electron chi connectivity index (χ2n) is 8.92. The molecule has 0 aliphatic carbocycles. The summed E-state index contributed by atoms with van der Waals surface area (Å²) in [5.74, 6) is 1.35. The zero-order valence-corrected chi connectivity index (χ0v) is 20.8. The summed E-state index contributed by atoms with van der Waals surface area (Å²) in [4.78, 5) is 11.3. The predicted molar refractivity (Wildman–Crippen MR) is 136 cm³/mol. The number of hydrogen-bond acceptors (Lipinski definition) is 5. The van der Waals surface area contributed by atoms with Gasteiger partial charge in [-0.25, -0.2) is 9.97 Å². The largest absolute Gasteiger partial charge is 0.486 e. The van der Waals surface area contributed by atoms with Gasteiger partial charge >= 0.3 is 0 Å².